The fourth-order valence-electron chi connectivity index (χ4n) is 3.56. The van der Waals surface area contributed by atoms with Gasteiger partial charge >= 0.3 is 6.09 Å². The van der Waals surface area contributed by atoms with Crippen LogP contribution in [-0.4, -0.2) is 59.5 Å². The summed E-state index contributed by atoms with van der Waals surface area (Å²) < 4.78 is 6.64. The maximum atomic E-state index is 12.0. The molecule has 10 nitrogen and oxygen atoms in total. The van der Waals surface area contributed by atoms with Crippen molar-refractivity contribution in [2.45, 2.75) is 63.9 Å². The number of aromatic nitrogens is 4. The molecule has 3 rings (SSSR count). The second-order valence-corrected chi connectivity index (χ2v) is 8.94. The number of carbonyl (C=O) groups excluding carboxylic acids is 2. The lowest BCUT2D eigenvalue weighted by Gasteiger charge is -2.19. The van der Waals surface area contributed by atoms with Crippen LogP contribution in [0.2, 0.25) is 10.4 Å². The molecule has 0 spiro atoms. The molecule has 1 aliphatic rings. The molecule has 0 aliphatic heterocycles. The Bertz CT molecular complexity index is 960. The van der Waals surface area contributed by atoms with Gasteiger partial charge < -0.3 is 19.5 Å². The Hall–Kier alpha value is -2.01. The van der Waals surface area contributed by atoms with Crippen LogP contribution in [0.15, 0.2) is 6.33 Å². The third kappa shape index (κ3) is 5.00. The summed E-state index contributed by atoms with van der Waals surface area (Å²) in [6.07, 6.45) is -0.900. The Morgan fingerprint density at radius 3 is 2.63 bits per heavy atom. The Labute approximate surface area is 182 Å². The predicted octanol–water partition coefficient (Wildman–Crippen LogP) is 2.25. The molecule has 2 aromatic heterocycles. The molecule has 0 bridgehead atoms. The number of fused-ring (bicyclic) bond motifs is 1. The molecule has 2 aromatic rings. The van der Waals surface area contributed by atoms with Crippen LogP contribution in [0.1, 0.15) is 46.1 Å². The van der Waals surface area contributed by atoms with Crippen LogP contribution < -0.4 is 5.32 Å². The molecule has 164 valence electrons. The third-order valence-corrected chi connectivity index (χ3v) is 5.30. The van der Waals surface area contributed by atoms with E-state index in [9.17, 15) is 19.8 Å². The van der Waals surface area contributed by atoms with Gasteiger partial charge in [-0.25, -0.2) is 14.8 Å². The third-order valence-electron chi connectivity index (χ3n) is 4.86. The molecule has 30 heavy (non-hydrogen) atoms. The first-order valence-electron chi connectivity index (χ1n) is 9.41. The molecule has 2 amide bonds. The molecule has 12 heteroatoms. The highest BCUT2D eigenvalue weighted by molar-refractivity contribution is 6.35. The number of nitrogens with zero attached hydrogens (tertiary/aromatic N) is 4. The van der Waals surface area contributed by atoms with E-state index in [1.54, 1.807) is 25.3 Å². The predicted molar refractivity (Wildman–Crippen MR) is 108 cm³/mol. The van der Waals surface area contributed by atoms with Gasteiger partial charge in [-0.15, -0.1) is 0 Å². The minimum atomic E-state index is -1.10. The highest BCUT2D eigenvalue weighted by Crippen LogP contribution is 2.39. The van der Waals surface area contributed by atoms with Gasteiger partial charge in [0.05, 0.1) is 18.5 Å². The van der Waals surface area contributed by atoms with Crippen LogP contribution in [0, 0.1) is 5.92 Å². The van der Waals surface area contributed by atoms with Gasteiger partial charge in [0.2, 0.25) is 11.2 Å². The van der Waals surface area contributed by atoms with E-state index in [2.05, 4.69) is 20.3 Å². The quantitative estimate of drug-likeness (QED) is 0.466. The van der Waals surface area contributed by atoms with Crippen molar-refractivity contribution < 1.29 is 24.5 Å². The number of ether oxygens (including phenoxy) is 1. The Kier molecular flexibility index (Phi) is 6.51. The number of amides is 2. The zero-order valence-electron chi connectivity index (χ0n) is 16.7. The van der Waals surface area contributed by atoms with Gasteiger partial charge in [0.15, 0.2) is 10.8 Å². The molecular formula is C18H23Cl2N5O5. The molecule has 4 atom stereocenters. The fourth-order valence-corrected chi connectivity index (χ4v) is 3.98. The summed E-state index contributed by atoms with van der Waals surface area (Å²) in [5.74, 6) is -0.895. The molecule has 0 radical (unpaired) electrons. The summed E-state index contributed by atoms with van der Waals surface area (Å²) in [4.78, 5) is 35.8. The number of hydrogen-bond donors (Lipinski definition) is 3. The van der Waals surface area contributed by atoms with Crippen LogP contribution in [0.3, 0.4) is 0 Å². The van der Waals surface area contributed by atoms with Crippen LogP contribution in [0.5, 0.6) is 0 Å². The van der Waals surface area contributed by atoms with Gasteiger partial charge in [-0.05, 0) is 51.1 Å². The van der Waals surface area contributed by atoms with Crippen molar-refractivity contribution in [3.05, 3.63) is 16.8 Å². The molecule has 0 saturated heterocycles. The van der Waals surface area contributed by atoms with Crippen LogP contribution >= 0.6 is 23.2 Å². The minimum absolute atomic E-state index is 0.00902. The summed E-state index contributed by atoms with van der Waals surface area (Å²) in [5.41, 5.74) is -0.0331. The number of rotatable bonds is 4. The average Bonchev–Trinajstić information content (AvgIpc) is 3.14. The fraction of sp³-hybridized carbons (Fsp3) is 0.611. The Balaban J connectivity index is 1.65. The number of aliphatic hydroxyl groups is 2. The molecule has 1 saturated carbocycles. The highest BCUT2D eigenvalue weighted by atomic mass is 35.5. The summed E-state index contributed by atoms with van der Waals surface area (Å²) in [5, 5.41) is 23.2. The lowest BCUT2D eigenvalue weighted by Crippen LogP contribution is -2.36. The number of nitrogens with one attached hydrogen (secondary N) is 1. The topological polar surface area (TPSA) is 139 Å². The van der Waals surface area contributed by atoms with E-state index in [-0.39, 0.29) is 29.2 Å². The van der Waals surface area contributed by atoms with Crippen molar-refractivity contribution in [1.82, 2.24) is 24.8 Å². The van der Waals surface area contributed by atoms with Gasteiger partial charge in [-0.1, -0.05) is 11.6 Å². The summed E-state index contributed by atoms with van der Waals surface area (Å²) in [7, 11) is 0. The number of imide groups is 1. The van der Waals surface area contributed by atoms with Crippen LogP contribution in [-0.2, 0) is 9.53 Å². The van der Waals surface area contributed by atoms with Crippen molar-refractivity contribution in [3.63, 3.8) is 0 Å². The lowest BCUT2D eigenvalue weighted by atomic mass is 9.99. The van der Waals surface area contributed by atoms with Crippen molar-refractivity contribution in [2.24, 2.45) is 5.92 Å². The Morgan fingerprint density at radius 1 is 1.27 bits per heavy atom. The molecule has 0 aromatic carbocycles. The standard InChI is InChI=1S/C18H23Cl2N5O5/c1-18(2,3)30-17(29)22-10(26)5-4-8-6-9(13(28)12(8)27)25-7-21-11-14(19)23-16(20)24-15(11)25/h7-9,12-13,27-28H,4-6H2,1-3H3,(H,22,26,29)/t8-,9+,12+,13-/m0/s1. The second-order valence-electron chi connectivity index (χ2n) is 8.24. The second kappa shape index (κ2) is 8.62. The smallest absolute Gasteiger partial charge is 0.414 e. The largest absolute Gasteiger partial charge is 0.444 e. The van der Waals surface area contributed by atoms with Gasteiger partial charge in [0.1, 0.15) is 17.2 Å². The summed E-state index contributed by atoms with van der Waals surface area (Å²) >= 11 is 11.9. The van der Waals surface area contributed by atoms with Crippen LogP contribution in [0.25, 0.3) is 11.2 Å². The van der Waals surface area contributed by atoms with E-state index >= 15 is 0 Å². The van der Waals surface area contributed by atoms with E-state index in [0.717, 1.165) is 0 Å². The Morgan fingerprint density at radius 2 is 1.97 bits per heavy atom. The van der Waals surface area contributed by atoms with Crippen molar-refractivity contribution in [1.29, 1.82) is 0 Å². The van der Waals surface area contributed by atoms with E-state index in [1.165, 1.54) is 6.33 Å². The first kappa shape index (κ1) is 22.7. The van der Waals surface area contributed by atoms with Crippen molar-refractivity contribution >= 4 is 46.4 Å². The number of halogens is 2. The first-order valence-corrected chi connectivity index (χ1v) is 10.2. The van der Waals surface area contributed by atoms with E-state index < -0.39 is 35.9 Å². The number of aliphatic hydroxyl groups excluding tert-OH is 2. The number of carbonyl (C=O) groups is 2. The van der Waals surface area contributed by atoms with Gasteiger partial charge in [-0.2, -0.15) is 4.98 Å². The molecule has 3 N–H and O–H groups in total. The van der Waals surface area contributed by atoms with Gasteiger partial charge in [-0.3, -0.25) is 10.1 Å². The zero-order valence-corrected chi connectivity index (χ0v) is 18.2. The maximum absolute atomic E-state index is 12.0. The molecule has 1 fully saturated rings. The maximum Gasteiger partial charge on any atom is 0.414 e. The zero-order chi connectivity index (χ0) is 22.2. The van der Waals surface area contributed by atoms with Gasteiger partial charge in [0.25, 0.3) is 0 Å². The SMILES string of the molecule is CC(C)(C)OC(=O)NC(=O)CC[C@H]1C[C@@H](n2cnc3c(Cl)nc(Cl)nc32)[C@H](O)[C@@H]1O. The molecule has 2 heterocycles. The number of alkyl carbamates (subject to hydrolysis) is 1. The summed E-state index contributed by atoms with van der Waals surface area (Å²) in [6, 6.07) is -0.536. The van der Waals surface area contributed by atoms with Crippen molar-refractivity contribution in [3.8, 4) is 0 Å². The molecule has 0 unspecified atom stereocenters. The van der Waals surface area contributed by atoms with E-state index in [1.807, 2.05) is 0 Å². The monoisotopic (exact) mass is 459 g/mol. The van der Waals surface area contributed by atoms with Crippen LogP contribution in [0.4, 0.5) is 4.79 Å². The van der Waals surface area contributed by atoms with Gasteiger partial charge in [0, 0.05) is 6.42 Å². The lowest BCUT2D eigenvalue weighted by molar-refractivity contribution is -0.121. The molecular weight excluding hydrogens is 437 g/mol. The molecule has 1 aliphatic carbocycles. The van der Waals surface area contributed by atoms with E-state index in [4.69, 9.17) is 27.9 Å². The normalized spacial score (nSPS) is 24.2. The minimum Gasteiger partial charge on any atom is -0.444 e. The van der Waals surface area contributed by atoms with E-state index in [0.29, 0.717) is 17.6 Å². The number of hydrogen-bond acceptors (Lipinski definition) is 8. The number of imidazole rings is 1. The summed E-state index contributed by atoms with van der Waals surface area (Å²) in [6.45, 7) is 5.08. The van der Waals surface area contributed by atoms with Crippen molar-refractivity contribution in [2.75, 3.05) is 0 Å². The average molecular weight is 460 g/mol. The highest BCUT2D eigenvalue weighted by Gasteiger charge is 2.43. The first-order chi connectivity index (χ1) is 14.0.